The van der Waals surface area contributed by atoms with Gasteiger partial charge in [0, 0.05) is 5.56 Å². The van der Waals surface area contributed by atoms with Crippen LogP contribution in [0.15, 0.2) is 35.3 Å². The Morgan fingerprint density at radius 1 is 1.37 bits per heavy atom. The minimum Gasteiger partial charge on any atom is -0.507 e. The highest BCUT2D eigenvalue weighted by atomic mass is 19.1. The summed E-state index contributed by atoms with van der Waals surface area (Å²) in [6, 6.07) is 6.87. The van der Waals surface area contributed by atoms with Crippen molar-refractivity contribution in [3.05, 3.63) is 58.7 Å². The van der Waals surface area contributed by atoms with Crippen molar-refractivity contribution >= 4 is 17.6 Å². The third-order valence-corrected chi connectivity index (χ3v) is 4.99. The number of carbonyl (C=O) groups is 1. The molecule has 6 nitrogen and oxygen atoms in total. The predicted molar refractivity (Wildman–Crippen MR) is 99.4 cm³/mol. The second-order valence-corrected chi connectivity index (χ2v) is 6.95. The molecule has 136 valence electrons. The van der Waals surface area contributed by atoms with E-state index in [4.69, 9.17) is 6.57 Å². The molecule has 2 aromatic carbocycles. The summed E-state index contributed by atoms with van der Waals surface area (Å²) in [5, 5.41) is 16.2. The summed E-state index contributed by atoms with van der Waals surface area (Å²) >= 11 is 0. The van der Waals surface area contributed by atoms with Crippen LogP contribution < -0.4 is 10.6 Å². The number of halogens is 1. The largest absolute Gasteiger partial charge is 0.507 e. The van der Waals surface area contributed by atoms with Crippen LogP contribution in [0, 0.1) is 19.3 Å². The van der Waals surface area contributed by atoms with Crippen LogP contribution in [0.2, 0.25) is 0 Å². The number of guanidine groups is 1. The molecule has 1 spiro atoms. The third kappa shape index (κ3) is 2.99. The van der Waals surface area contributed by atoms with E-state index in [-0.39, 0.29) is 28.1 Å². The Balaban J connectivity index is 1.79. The maximum Gasteiger partial charge on any atom is 0.261 e. The average molecular weight is 364 g/mol. The number of aromatic hydroxyl groups is 1. The molecular weight excluding hydrogens is 347 g/mol. The Morgan fingerprint density at radius 3 is 2.81 bits per heavy atom. The Hall–Kier alpha value is -3.40. The van der Waals surface area contributed by atoms with Gasteiger partial charge >= 0.3 is 0 Å². The highest BCUT2D eigenvalue weighted by Gasteiger charge is 2.46. The SMILES string of the molecule is [C-]#[N+]c1ccc(O)c(C(=O)NC2=NCC3(CC3)N2)c1-c1cc(F)ccc1C. The van der Waals surface area contributed by atoms with Crippen molar-refractivity contribution < 1.29 is 14.3 Å². The zero-order valence-corrected chi connectivity index (χ0v) is 14.6. The number of phenols is 1. The van der Waals surface area contributed by atoms with Crippen molar-refractivity contribution in [1.82, 2.24) is 10.6 Å². The molecule has 0 unspecified atom stereocenters. The smallest absolute Gasteiger partial charge is 0.261 e. The molecule has 2 aromatic rings. The number of nitrogens with zero attached hydrogens (tertiary/aromatic N) is 2. The third-order valence-electron chi connectivity index (χ3n) is 4.99. The van der Waals surface area contributed by atoms with Crippen molar-refractivity contribution in [1.29, 1.82) is 0 Å². The van der Waals surface area contributed by atoms with Crippen LogP contribution in [-0.2, 0) is 0 Å². The molecule has 0 radical (unpaired) electrons. The number of hydrogen-bond acceptors (Lipinski definition) is 4. The first-order chi connectivity index (χ1) is 12.9. The number of carbonyl (C=O) groups excluding carboxylic acids is 1. The Morgan fingerprint density at radius 2 is 2.15 bits per heavy atom. The van der Waals surface area contributed by atoms with Gasteiger partial charge in [-0.1, -0.05) is 12.1 Å². The normalized spacial score (nSPS) is 16.4. The first kappa shape index (κ1) is 17.0. The van der Waals surface area contributed by atoms with Gasteiger partial charge in [0.1, 0.15) is 11.6 Å². The molecule has 1 amide bonds. The zero-order chi connectivity index (χ0) is 19.2. The summed E-state index contributed by atoms with van der Waals surface area (Å²) in [7, 11) is 0. The predicted octanol–water partition coefficient (Wildman–Crippen LogP) is 3.28. The fourth-order valence-corrected chi connectivity index (χ4v) is 3.28. The molecule has 0 atom stereocenters. The van der Waals surface area contributed by atoms with Gasteiger partial charge < -0.3 is 10.4 Å². The highest BCUT2D eigenvalue weighted by Crippen LogP contribution is 2.41. The lowest BCUT2D eigenvalue weighted by Gasteiger charge is -2.16. The maximum atomic E-state index is 13.9. The Kier molecular flexibility index (Phi) is 3.84. The number of amides is 1. The van der Waals surface area contributed by atoms with Crippen LogP contribution in [0.25, 0.3) is 16.0 Å². The number of aliphatic imine (C=N–C) groups is 1. The first-order valence-electron chi connectivity index (χ1n) is 8.56. The standard InChI is InChI=1S/C20H17FN4O2/c1-11-3-4-12(21)9-13(11)16-14(22-2)5-6-15(26)17(16)18(27)24-19-23-10-20(25-19)7-8-20/h3-6,9,26H,7-8,10H2,1H3,(H2,23,24,25,27). The number of rotatable bonds is 2. The molecule has 1 fully saturated rings. The number of nitrogens with one attached hydrogen (secondary N) is 2. The van der Waals surface area contributed by atoms with Crippen molar-refractivity contribution in [3.8, 4) is 16.9 Å². The zero-order valence-electron chi connectivity index (χ0n) is 14.6. The summed E-state index contributed by atoms with van der Waals surface area (Å²) in [5.74, 6) is -1.01. The summed E-state index contributed by atoms with van der Waals surface area (Å²) in [6.07, 6.45) is 2.00. The molecule has 1 aliphatic heterocycles. The fraction of sp³-hybridized carbons (Fsp3) is 0.250. The summed E-state index contributed by atoms with van der Waals surface area (Å²) in [5.41, 5.74) is 1.34. The van der Waals surface area contributed by atoms with Crippen molar-refractivity contribution in [2.24, 2.45) is 4.99 Å². The lowest BCUT2D eigenvalue weighted by Crippen LogP contribution is -2.43. The topological polar surface area (TPSA) is 78.1 Å². The van der Waals surface area contributed by atoms with E-state index in [9.17, 15) is 14.3 Å². The van der Waals surface area contributed by atoms with E-state index in [1.807, 2.05) is 0 Å². The summed E-state index contributed by atoms with van der Waals surface area (Å²) in [6.45, 7) is 9.79. The van der Waals surface area contributed by atoms with Crippen molar-refractivity contribution in [3.63, 3.8) is 0 Å². The average Bonchev–Trinajstić information content (AvgIpc) is 3.29. The molecule has 4 rings (SSSR count). The van der Waals surface area contributed by atoms with Crippen LogP contribution in [0.1, 0.15) is 28.8 Å². The molecule has 2 aliphatic rings. The van der Waals surface area contributed by atoms with E-state index in [1.165, 1.54) is 24.3 Å². The molecule has 0 aromatic heterocycles. The molecule has 0 bridgehead atoms. The second-order valence-electron chi connectivity index (χ2n) is 6.95. The quantitative estimate of drug-likeness (QED) is 0.716. The van der Waals surface area contributed by atoms with Gasteiger partial charge in [-0.3, -0.25) is 15.1 Å². The van der Waals surface area contributed by atoms with Crippen molar-refractivity contribution in [2.45, 2.75) is 25.3 Å². The lowest BCUT2D eigenvalue weighted by molar-refractivity contribution is 0.0974. The molecular formula is C20H17FN4O2. The second kappa shape index (κ2) is 6.09. The molecule has 1 heterocycles. The maximum absolute atomic E-state index is 13.9. The van der Waals surface area contributed by atoms with Crippen LogP contribution in [0.5, 0.6) is 5.75 Å². The van der Waals surface area contributed by atoms with Crippen LogP contribution in [0.4, 0.5) is 10.1 Å². The van der Waals surface area contributed by atoms with Gasteiger partial charge in [0.2, 0.25) is 0 Å². The van der Waals surface area contributed by atoms with Crippen molar-refractivity contribution in [2.75, 3.05) is 6.54 Å². The van der Waals surface area contributed by atoms with Gasteiger partial charge in [-0.15, -0.1) is 0 Å². The van der Waals surface area contributed by atoms with Gasteiger partial charge in [0.05, 0.1) is 24.2 Å². The molecule has 7 heteroatoms. The number of hydrogen-bond donors (Lipinski definition) is 3. The Bertz CT molecular complexity index is 1040. The molecule has 1 saturated carbocycles. The van der Waals surface area contributed by atoms with Gasteiger partial charge in [-0.2, -0.15) is 0 Å². The van der Waals surface area contributed by atoms with Gasteiger partial charge in [-0.05, 0) is 49.1 Å². The highest BCUT2D eigenvalue weighted by molar-refractivity contribution is 6.13. The van der Waals surface area contributed by atoms with Crippen LogP contribution >= 0.6 is 0 Å². The van der Waals surface area contributed by atoms with Crippen LogP contribution in [0.3, 0.4) is 0 Å². The van der Waals surface area contributed by atoms with E-state index in [0.717, 1.165) is 12.8 Å². The fourth-order valence-electron chi connectivity index (χ4n) is 3.28. The summed E-state index contributed by atoms with van der Waals surface area (Å²) in [4.78, 5) is 20.7. The van der Waals surface area contributed by atoms with E-state index in [1.54, 1.807) is 13.0 Å². The van der Waals surface area contributed by atoms with E-state index in [2.05, 4.69) is 20.5 Å². The van der Waals surface area contributed by atoms with Gasteiger partial charge in [0.15, 0.2) is 11.6 Å². The molecule has 1 aliphatic carbocycles. The first-order valence-corrected chi connectivity index (χ1v) is 8.56. The number of benzene rings is 2. The minimum atomic E-state index is -0.597. The van der Waals surface area contributed by atoms with E-state index in [0.29, 0.717) is 23.6 Å². The molecule has 27 heavy (non-hydrogen) atoms. The lowest BCUT2D eigenvalue weighted by atomic mass is 9.93. The van der Waals surface area contributed by atoms with E-state index < -0.39 is 11.7 Å². The van der Waals surface area contributed by atoms with E-state index >= 15 is 0 Å². The van der Waals surface area contributed by atoms with Gasteiger partial charge in [-0.25, -0.2) is 9.24 Å². The molecule has 3 N–H and O–H groups in total. The summed E-state index contributed by atoms with van der Waals surface area (Å²) < 4.78 is 13.9. The number of aryl methyl sites for hydroxylation is 1. The Labute approximate surface area is 155 Å². The molecule has 0 saturated heterocycles. The minimum absolute atomic E-state index is 0.0367. The van der Waals surface area contributed by atoms with Crippen LogP contribution in [-0.4, -0.2) is 29.1 Å². The monoisotopic (exact) mass is 364 g/mol. The van der Waals surface area contributed by atoms with Gasteiger partial charge in [0.25, 0.3) is 5.91 Å². The number of phenolic OH excluding ortho intramolecular Hbond substituents is 1.